The lowest BCUT2D eigenvalue weighted by molar-refractivity contribution is 0.416. The Morgan fingerprint density at radius 3 is 3.00 bits per heavy atom. The molecule has 0 spiro atoms. The molecule has 1 aromatic heterocycles. The van der Waals surface area contributed by atoms with E-state index in [0.717, 1.165) is 17.4 Å². The van der Waals surface area contributed by atoms with Crippen molar-refractivity contribution in [3.8, 4) is 5.75 Å². The normalized spacial score (nSPS) is 14.6. The predicted molar refractivity (Wildman–Crippen MR) is 71.8 cm³/mol. The topological polar surface area (TPSA) is 39.1 Å². The van der Waals surface area contributed by atoms with Crippen LogP contribution in [0, 0.1) is 0 Å². The predicted octanol–water partition coefficient (Wildman–Crippen LogP) is 3.62. The molecule has 0 atom stereocenters. The van der Waals surface area contributed by atoms with Gasteiger partial charge >= 0.3 is 0 Å². The third kappa shape index (κ3) is 2.16. The van der Waals surface area contributed by atoms with Gasteiger partial charge in [-0.2, -0.15) is 0 Å². The zero-order valence-corrected chi connectivity index (χ0v) is 10.8. The van der Waals surface area contributed by atoms with Gasteiger partial charge in [0, 0.05) is 23.5 Å². The van der Waals surface area contributed by atoms with Crippen molar-refractivity contribution in [3.05, 3.63) is 35.6 Å². The summed E-state index contributed by atoms with van der Waals surface area (Å²) in [5.74, 6) is 1.59. The molecule has 1 saturated carbocycles. The van der Waals surface area contributed by atoms with Gasteiger partial charge < -0.3 is 14.6 Å². The summed E-state index contributed by atoms with van der Waals surface area (Å²) in [6, 6.07) is 6.07. The fourth-order valence-corrected chi connectivity index (χ4v) is 2.13. The van der Waals surface area contributed by atoms with Crippen LogP contribution in [0.15, 0.2) is 30.6 Å². The van der Waals surface area contributed by atoms with Crippen LogP contribution in [-0.4, -0.2) is 16.7 Å². The van der Waals surface area contributed by atoms with Crippen molar-refractivity contribution >= 4 is 23.2 Å². The van der Waals surface area contributed by atoms with Crippen LogP contribution < -0.4 is 10.1 Å². The number of hydrogen-bond donors (Lipinski definition) is 1. The average Bonchev–Trinajstić information content (AvgIpc) is 3.11. The smallest absolute Gasteiger partial charge is 0.207 e. The maximum atomic E-state index is 6.01. The molecule has 0 unspecified atom stereocenters. The lowest BCUT2D eigenvalue weighted by Crippen LogP contribution is -2.02. The van der Waals surface area contributed by atoms with Crippen LogP contribution in [0.4, 0.5) is 11.6 Å². The molecular formula is C13H14ClN3O. The summed E-state index contributed by atoms with van der Waals surface area (Å²) >= 11 is 6.01. The highest BCUT2D eigenvalue weighted by Crippen LogP contribution is 2.38. The van der Waals surface area contributed by atoms with Gasteiger partial charge in [-0.25, -0.2) is 4.98 Å². The Morgan fingerprint density at radius 1 is 1.44 bits per heavy atom. The minimum atomic E-state index is 0.583. The second-order valence-corrected chi connectivity index (χ2v) is 4.80. The van der Waals surface area contributed by atoms with Crippen LogP contribution in [0.3, 0.4) is 0 Å². The second-order valence-electron chi connectivity index (χ2n) is 4.36. The van der Waals surface area contributed by atoms with Crippen molar-refractivity contribution in [1.82, 2.24) is 9.55 Å². The van der Waals surface area contributed by atoms with Crippen LogP contribution in [0.5, 0.6) is 5.75 Å². The molecule has 0 radical (unpaired) electrons. The molecule has 1 aliphatic carbocycles. The first-order valence-corrected chi connectivity index (χ1v) is 6.29. The molecule has 1 aromatic carbocycles. The standard InChI is InChI=1S/C13H14ClN3O/c1-18-12-5-2-9(14)8-11(12)16-13-15-6-7-17(13)10-3-4-10/h2,5-8,10H,3-4H2,1H3,(H,15,16). The molecule has 1 fully saturated rings. The Hall–Kier alpha value is -1.68. The molecule has 5 heteroatoms. The number of anilines is 2. The van der Waals surface area contributed by atoms with E-state index in [1.807, 2.05) is 18.3 Å². The number of nitrogens with zero attached hydrogens (tertiary/aromatic N) is 2. The van der Waals surface area contributed by atoms with Gasteiger partial charge in [-0.3, -0.25) is 0 Å². The third-order valence-electron chi connectivity index (χ3n) is 3.02. The van der Waals surface area contributed by atoms with E-state index in [1.54, 1.807) is 19.4 Å². The monoisotopic (exact) mass is 263 g/mol. The van der Waals surface area contributed by atoms with E-state index in [2.05, 4.69) is 14.9 Å². The number of methoxy groups -OCH3 is 1. The molecule has 4 nitrogen and oxygen atoms in total. The number of hydrogen-bond acceptors (Lipinski definition) is 3. The quantitative estimate of drug-likeness (QED) is 0.916. The van der Waals surface area contributed by atoms with Crippen molar-refractivity contribution in [2.45, 2.75) is 18.9 Å². The lowest BCUT2D eigenvalue weighted by Gasteiger charge is -2.12. The molecule has 3 rings (SSSR count). The summed E-state index contributed by atoms with van der Waals surface area (Å²) in [5, 5.41) is 3.95. The third-order valence-corrected chi connectivity index (χ3v) is 3.25. The number of ether oxygens (including phenoxy) is 1. The Morgan fingerprint density at radius 2 is 2.28 bits per heavy atom. The highest BCUT2D eigenvalue weighted by Gasteiger charge is 2.25. The fraction of sp³-hybridized carbons (Fsp3) is 0.308. The van der Waals surface area contributed by atoms with Gasteiger partial charge in [0.25, 0.3) is 0 Å². The van der Waals surface area contributed by atoms with Gasteiger partial charge in [-0.15, -0.1) is 0 Å². The van der Waals surface area contributed by atoms with E-state index in [0.29, 0.717) is 11.1 Å². The second kappa shape index (κ2) is 4.53. The number of nitrogens with one attached hydrogen (secondary N) is 1. The van der Waals surface area contributed by atoms with E-state index in [-0.39, 0.29) is 0 Å². The first-order valence-electron chi connectivity index (χ1n) is 5.91. The summed E-state index contributed by atoms with van der Waals surface area (Å²) in [6.07, 6.45) is 6.24. The first-order chi connectivity index (χ1) is 8.78. The van der Waals surface area contributed by atoms with Gasteiger partial charge in [0.15, 0.2) is 0 Å². The number of rotatable bonds is 4. The molecule has 0 saturated heterocycles. The summed E-state index contributed by atoms with van der Waals surface area (Å²) in [4.78, 5) is 4.33. The highest BCUT2D eigenvalue weighted by atomic mass is 35.5. The molecule has 0 amide bonds. The van der Waals surface area contributed by atoms with E-state index >= 15 is 0 Å². The Kier molecular flexibility index (Phi) is 2.88. The Bertz CT molecular complexity index is 563. The van der Waals surface area contributed by atoms with E-state index in [4.69, 9.17) is 16.3 Å². The summed E-state index contributed by atoms with van der Waals surface area (Å²) in [7, 11) is 1.64. The SMILES string of the molecule is COc1ccc(Cl)cc1Nc1nccn1C1CC1. The molecule has 1 heterocycles. The van der Waals surface area contributed by atoms with Crippen molar-refractivity contribution in [2.75, 3.05) is 12.4 Å². The molecular weight excluding hydrogens is 250 g/mol. The van der Waals surface area contributed by atoms with Crippen LogP contribution >= 0.6 is 11.6 Å². The van der Waals surface area contributed by atoms with E-state index in [9.17, 15) is 0 Å². The lowest BCUT2D eigenvalue weighted by atomic mass is 10.3. The van der Waals surface area contributed by atoms with E-state index in [1.165, 1.54) is 12.8 Å². The molecule has 94 valence electrons. The molecule has 1 N–H and O–H groups in total. The van der Waals surface area contributed by atoms with Crippen LogP contribution in [0.25, 0.3) is 0 Å². The van der Waals surface area contributed by atoms with Crippen molar-refractivity contribution in [2.24, 2.45) is 0 Å². The van der Waals surface area contributed by atoms with Gasteiger partial charge in [-0.05, 0) is 31.0 Å². The van der Waals surface area contributed by atoms with Crippen molar-refractivity contribution in [3.63, 3.8) is 0 Å². The summed E-state index contributed by atoms with van der Waals surface area (Å²) in [6.45, 7) is 0. The highest BCUT2D eigenvalue weighted by molar-refractivity contribution is 6.30. The summed E-state index contributed by atoms with van der Waals surface area (Å²) in [5.41, 5.74) is 0.832. The van der Waals surface area contributed by atoms with Gasteiger partial charge in [0.2, 0.25) is 5.95 Å². The molecule has 18 heavy (non-hydrogen) atoms. The molecule has 2 aromatic rings. The van der Waals surface area contributed by atoms with Gasteiger partial charge in [-0.1, -0.05) is 11.6 Å². The zero-order chi connectivity index (χ0) is 12.5. The Balaban J connectivity index is 1.91. The number of halogens is 1. The first kappa shape index (κ1) is 11.4. The Labute approximate surface area is 111 Å². The van der Waals surface area contributed by atoms with Crippen molar-refractivity contribution < 1.29 is 4.74 Å². The van der Waals surface area contributed by atoms with Crippen LogP contribution in [0.2, 0.25) is 5.02 Å². The van der Waals surface area contributed by atoms with Crippen LogP contribution in [0.1, 0.15) is 18.9 Å². The van der Waals surface area contributed by atoms with Gasteiger partial charge in [0.1, 0.15) is 5.75 Å². The number of imidazole rings is 1. The zero-order valence-electron chi connectivity index (χ0n) is 10.1. The number of benzene rings is 1. The number of aromatic nitrogens is 2. The molecule has 1 aliphatic rings. The largest absolute Gasteiger partial charge is 0.495 e. The van der Waals surface area contributed by atoms with E-state index < -0.39 is 0 Å². The molecule has 0 bridgehead atoms. The van der Waals surface area contributed by atoms with Crippen LogP contribution in [-0.2, 0) is 0 Å². The maximum absolute atomic E-state index is 6.01. The summed E-state index contributed by atoms with van der Waals surface area (Å²) < 4.78 is 7.46. The van der Waals surface area contributed by atoms with Gasteiger partial charge in [0.05, 0.1) is 12.8 Å². The average molecular weight is 264 g/mol. The molecule has 0 aliphatic heterocycles. The minimum absolute atomic E-state index is 0.583. The fourth-order valence-electron chi connectivity index (χ4n) is 1.96. The van der Waals surface area contributed by atoms with Crippen molar-refractivity contribution in [1.29, 1.82) is 0 Å². The minimum Gasteiger partial charge on any atom is -0.495 e. The maximum Gasteiger partial charge on any atom is 0.207 e.